The highest BCUT2D eigenvalue weighted by Crippen LogP contribution is 2.40. The maximum absolute atomic E-state index is 14.6. The molecule has 1 aromatic heterocycles. The third kappa shape index (κ3) is 4.29. The van der Waals surface area contributed by atoms with Gasteiger partial charge in [0.2, 0.25) is 0 Å². The summed E-state index contributed by atoms with van der Waals surface area (Å²) in [4.78, 5) is -0.192. The zero-order chi connectivity index (χ0) is 21.3. The molecule has 0 amide bonds. The van der Waals surface area contributed by atoms with Crippen LogP contribution < -0.4 is 10.1 Å². The molecular formula is C19H17Cl2F3N2O3S. The van der Waals surface area contributed by atoms with E-state index < -0.39 is 38.7 Å². The lowest BCUT2D eigenvalue weighted by molar-refractivity contribution is 0.410. The quantitative estimate of drug-likeness (QED) is 0.559. The number of nitrogens with zero attached hydrogens (tertiary/aromatic N) is 1. The summed E-state index contributed by atoms with van der Waals surface area (Å²) in [5, 5.41) is 3.00. The van der Waals surface area contributed by atoms with Crippen molar-refractivity contribution in [2.24, 2.45) is 0 Å². The van der Waals surface area contributed by atoms with Crippen LogP contribution in [0.15, 0.2) is 47.5 Å². The van der Waals surface area contributed by atoms with Crippen LogP contribution in [0, 0.1) is 17.5 Å². The van der Waals surface area contributed by atoms with Crippen LogP contribution in [0.1, 0.15) is 5.56 Å². The van der Waals surface area contributed by atoms with Crippen molar-refractivity contribution < 1.29 is 26.3 Å². The van der Waals surface area contributed by atoms with Gasteiger partial charge in [-0.05, 0) is 25.2 Å². The summed E-state index contributed by atoms with van der Waals surface area (Å²) in [6.45, 7) is 0.151. The lowest BCUT2D eigenvalue weighted by Crippen LogP contribution is -2.14. The molecule has 11 heteroatoms. The van der Waals surface area contributed by atoms with Gasteiger partial charge in [0.25, 0.3) is 10.0 Å². The van der Waals surface area contributed by atoms with Gasteiger partial charge in [-0.3, -0.25) is 0 Å². The summed E-state index contributed by atoms with van der Waals surface area (Å²) >= 11 is 5.91. The molecule has 0 aliphatic heterocycles. The molecule has 0 fully saturated rings. The van der Waals surface area contributed by atoms with Crippen LogP contribution in [0.25, 0.3) is 11.3 Å². The fourth-order valence-corrected chi connectivity index (χ4v) is 4.67. The third-order valence-electron chi connectivity index (χ3n) is 4.17. The van der Waals surface area contributed by atoms with Crippen molar-refractivity contribution in [2.45, 2.75) is 11.4 Å². The van der Waals surface area contributed by atoms with Crippen LogP contribution in [0.4, 0.5) is 13.2 Å². The van der Waals surface area contributed by atoms with Gasteiger partial charge in [0.1, 0.15) is 28.9 Å². The topological polar surface area (TPSA) is 60.3 Å². The van der Waals surface area contributed by atoms with E-state index in [1.807, 2.05) is 0 Å². The first-order valence-corrected chi connectivity index (χ1v) is 10.1. The van der Waals surface area contributed by atoms with Gasteiger partial charge in [-0.15, -0.1) is 12.4 Å². The zero-order valence-corrected chi connectivity index (χ0v) is 18.1. The molecule has 0 aliphatic carbocycles. The van der Waals surface area contributed by atoms with E-state index in [4.69, 9.17) is 16.3 Å². The average Bonchev–Trinajstić information content (AvgIpc) is 3.00. The molecule has 30 heavy (non-hydrogen) atoms. The van der Waals surface area contributed by atoms with Crippen molar-refractivity contribution in [3.63, 3.8) is 0 Å². The molecule has 3 aromatic rings. The molecule has 0 aliphatic rings. The molecule has 5 nitrogen and oxygen atoms in total. The van der Waals surface area contributed by atoms with Gasteiger partial charge >= 0.3 is 0 Å². The fraction of sp³-hybridized carbons (Fsp3) is 0.158. The van der Waals surface area contributed by atoms with Gasteiger partial charge in [0.05, 0.1) is 17.6 Å². The summed E-state index contributed by atoms with van der Waals surface area (Å²) in [7, 11) is -1.46. The van der Waals surface area contributed by atoms with Crippen molar-refractivity contribution in [1.82, 2.24) is 9.29 Å². The van der Waals surface area contributed by atoms with Gasteiger partial charge in [-0.1, -0.05) is 17.7 Å². The lowest BCUT2D eigenvalue weighted by atomic mass is 10.1. The van der Waals surface area contributed by atoms with Crippen molar-refractivity contribution >= 4 is 34.0 Å². The number of hydrogen-bond acceptors (Lipinski definition) is 4. The molecule has 2 aromatic carbocycles. The minimum absolute atomic E-state index is 0. The largest absolute Gasteiger partial charge is 0.494 e. The Morgan fingerprint density at radius 1 is 1.13 bits per heavy atom. The predicted octanol–water partition coefficient (Wildman–Crippen LogP) is 4.61. The monoisotopic (exact) mass is 480 g/mol. The van der Waals surface area contributed by atoms with E-state index in [0.29, 0.717) is 21.7 Å². The summed E-state index contributed by atoms with van der Waals surface area (Å²) < 4.78 is 75.1. The van der Waals surface area contributed by atoms with Crippen LogP contribution in [0.2, 0.25) is 5.02 Å². The second-order valence-electron chi connectivity index (χ2n) is 6.07. The number of benzene rings is 2. The molecule has 3 rings (SSSR count). The molecule has 1 heterocycles. The van der Waals surface area contributed by atoms with E-state index in [0.717, 1.165) is 0 Å². The second-order valence-corrected chi connectivity index (χ2v) is 8.32. The Balaban J connectivity index is 0.00000320. The van der Waals surface area contributed by atoms with E-state index in [2.05, 4.69) is 5.32 Å². The van der Waals surface area contributed by atoms with Gasteiger partial charge in [-0.2, -0.15) is 0 Å². The van der Waals surface area contributed by atoms with Crippen molar-refractivity contribution in [3.05, 3.63) is 70.6 Å². The van der Waals surface area contributed by atoms with Crippen LogP contribution in [0.5, 0.6) is 5.75 Å². The highest BCUT2D eigenvalue weighted by molar-refractivity contribution is 7.90. The summed E-state index contributed by atoms with van der Waals surface area (Å²) in [5.41, 5.74) is -0.789. The Bertz CT molecular complexity index is 1160. The van der Waals surface area contributed by atoms with Crippen LogP contribution in [-0.4, -0.2) is 26.5 Å². The normalized spacial score (nSPS) is 11.3. The molecule has 0 radical (unpaired) electrons. The maximum atomic E-state index is 14.6. The molecule has 0 bridgehead atoms. The van der Waals surface area contributed by atoms with E-state index in [1.54, 1.807) is 7.05 Å². The van der Waals surface area contributed by atoms with E-state index in [1.165, 1.54) is 37.6 Å². The molecule has 0 unspecified atom stereocenters. The van der Waals surface area contributed by atoms with Gasteiger partial charge in [0, 0.05) is 35.5 Å². The average molecular weight is 481 g/mol. The molecule has 1 N–H and O–H groups in total. The highest BCUT2D eigenvalue weighted by Gasteiger charge is 2.30. The van der Waals surface area contributed by atoms with Crippen LogP contribution in [0.3, 0.4) is 0 Å². The summed E-state index contributed by atoms with van der Waals surface area (Å²) in [6.07, 6.45) is 1.20. The molecule has 0 spiro atoms. The zero-order valence-electron chi connectivity index (χ0n) is 15.7. The first-order chi connectivity index (χ1) is 13.7. The Morgan fingerprint density at radius 2 is 1.77 bits per heavy atom. The molecule has 0 atom stereocenters. The summed E-state index contributed by atoms with van der Waals surface area (Å²) in [5.74, 6) is -3.72. The number of methoxy groups -OCH3 is 1. The number of rotatable bonds is 6. The first kappa shape index (κ1) is 24.1. The number of nitrogens with one attached hydrogen (secondary N) is 1. The highest BCUT2D eigenvalue weighted by atomic mass is 35.5. The number of halogens is 5. The van der Waals surface area contributed by atoms with Gasteiger partial charge in [-0.25, -0.2) is 25.6 Å². The maximum Gasteiger partial charge on any atom is 0.268 e. The second kappa shape index (κ2) is 9.30. The fourth-order valence-electron chi connectivity index (χ4n) is 2.98. The van der Waals surface area contributed by atoms with Crippen molar-refractivity contribution in [1.29, 1.82) is 0 Å². The predicted molar refractivity (Wildman–Crippen MR) is 110 cm³/mol. The third-order valence-corrected chi connectivity index (χ3v) is 6.06. The standard InChI is InChI=1S/C19H16ClF3N2O3S.ClH/c1-24-9-11-10-25(29(26,27)14-5-3-4-12(20)6-14)18(19(11)28-2)17-15(22)7-13(21)8-16(17)23;/h3-8,10,24H,9H2,1-2H3;1H. The molecule has 162 valence electrons. The molecule has 0 saturated carbocycles. The SMILES string of the molecule is CNCc1cn(S(=O)(=O)c2cccc(Cl)c2)c(-c2c(F)cc(F)cc2F)c1OC.Cl. The molecule has 0 saturated heterocycles. The van der Waals surface area contributed by atoms with E-state index in [9.17, 15) is 21.6 Å². The van der Waals surface area contributed by atoms with Gasteiger partial charge < -0.3 is 10.1 Å². The number of hydrogen-bond donors (Lipinski definition) is 1. The smallest absolute Gasteiger partial charge is 0.268 e. The van der Waals surface area contributed by atoms with E-state index in [-0.39, 0.29) is 34.6 Å². The Morgan fingerprint density at radius 3 is 2.30 bits per heavy atom. The minimum atomic E-state index is -4.32. The first-order valence-electron chi connectivity index (χ1n) is 8.29. The van der Waals surface area contributed by atoms with Crippen molar-refractivity contribution in [3.8, 4) is 17.0 Å². The van der Waals surface area contributed by atoms with Crippen LogP contribution in [-0.2, 0) is 16.6 Å². The van der Waals surface area contributed by atoms with Crippen LogP contribution >= 0.6 is 24.0 Å². The summed E-state index contributed by atoms with van der Waals surface area (Å²) in [6, 6.07) is 6.37. The lowest BCUT2D eigenvalue weighted by Gasteiger charge is -2.14. The number of ether oxygens (including phenoxy) is 1. The Labute approximate surface area is 182 Å². The van der Waals surface area contributed by atoms with E-state index >= 15 is 0 Å². The van der Waals surface area contributed by atoms with Crippen molar-refractivity contribution in [2.75, 3.05) is 14.2 Å². The Kier molecular flexibility index (Phi) is 7.46. The minimum Gasteiger partial charge on any atom is -0.494 e. The Hall–Kier alpha value is -2.20. The van der Waals surface area contributed by atoms with Gasteiger partial charge in [0.15, 0.2) is 0 Å². The molecular weight excluding hydrogens is 464 g/mol. The number of aromatic nitrogens is 1.